The first kappa shape index (κ1) is 11.9. The van der Waals surface area contributed by atoms with Gasteiger partial charge in [-0.25, -0.2) is 0 Å². The highest BCUT2D eigenvalue weighted by molar-refractivity contribution is 4.90. The molecule has 4 heteroatoms. The molecule has 5 atom stereocenters. The summed E-state index contributed by atoms with van der Waals surface area (Å²) in [5.41, 5.74) is 0. The zero-order chi connectivity index (χ0) is 10.7. The Labute approximate surface area is 84.5 Å². The number of hydrogen-bond acceptors (Lipinski definition) is 4. The topological polar surface area (TPSA) is 69.9 Å². The van der Waals surface area contributed by atoms with Crippen molar-refractivity contribution >= 4 is 0 Å². The van der Waals surface area contributed by atoms with Gasteiger partial charge in [-0.3, -0.25) is 0 Å². The van der Waals surface area contributed by atoms with Gasteiger partial charge in [0, 0.05) is 0 Å². The van der Waals surface area contributed by atoms with Gasteiger partial charge in [-0.05, 0) is 13.3 Å². The average molecular weight is 204 g/mol. The zero-order valence-corrected chi connectivity index (χ0v) is 8.76. The van der Waals surface area contributed by atoms with Crippen LogP contribution in [0.4, 0.5) is 0 Å². The van der Waals surface area contributed by atoms with Gasteiger partial charge < -0.3 is 20.1 Å². The first-order valence-electron chi connectivity index (χ1n) is 5.27. The van der Waals surface area contributed by atoms with E-state index in [1.54, 1.807) is 6.92 Å². The van der Waals surface area contributed by atoms with Gasteiger partial charge in [0.2, 0.25) is 0 Å². The fourth-order valence-corrected chi connectivity index (χ4v) is 1.78. The van der Waals surface area contributed by atoms with E-state index in [0.717, 1.165) is 19.3 Å². The van der Waals surface area contributed by atoms with E-state index in [1.807, 2.05) is 0 Å². The molecule has 0 aromatic rings. The molecule has 1 saturated heterocycles. The van der Waals surface area contributed by atoms with Crippen molar-refractivity contribution < 1.29 is 20.1 Å². The summed E-state index contributed by atoms with van der Waals surface area (Å²) in [6.45, 7) is 3.77. The summed E-state index contributed by atoms with van der Waals surface area (Å²) in [4.78, 5) is 0. The fourth-order valence-electron chi connectivity index (χ4n) is 1.78. The molecule has 3 N–H and O–H groups in total. The van der Waals surface area contributed by atoms with Crippen LogP contribution in [0.5, 0.6) is 0 Å². The van der Waals surface area contributed by atoms with E-state index in [0.29, 0.717) is 0 Å². The Kier molecular flexibility index (Phi) is 4.31. The second-order valence-electron chi connectivity index (χ2n) is 3.99. The van der Waals surface area contributed by atoms with E-state index in [-0.39, 0.29) is 6.10 Å². The molecule has 1 aliphatic heterocycles. The van der Waals surface area contributed by atoms with Crippen LogP contribution in [0.25, 0.3) is 0 Å². The van der Waals surface area contributed by atoms with Crippen LogP contribution in [0.1, 0.15) is 33.1 Å². The first-order chi connectivity index (χ1) is 6.57. The Morgan fingerprint density at radius 2 is 1.71 bits per heavy atom. The van der Waals surface area contributed by atoms with Gasteiger partial charge in [-0.15, -0.1) is 0 Å². The minimum Gasteiger partial charge on any atom is -0.388 e. The van der Waals surface area contributed by atoms with E-state index in [1.165, 1.54) is 0 Å². The molecule has 0 saturated carbocycles. The Hall–Kier alpha value is -0.160. The lowest BCUT2D eigenvalue weighted by Crippen LogP contribution is -2.56. The van der Waals surface area contributed by atoms with E-state index >= 15 is 0 Å². The Bertz CT molecular complexity index is 174. The van der Waals surface area contributed by atoms with Crippen LogP contribution in [0.3, 0.4) is 0 Å². The lowest BCUT2D eigenvalue weighted by Gasteiger charge is -2.39. The summed E-state index contributed by atoms with van der Waals surface area (Å²) in [6.07, 6.45) is -1.07. The van der Waals surface area contributed by atoms with Crippen LogP contribution in [-0.2, 0) is 4.74 Å². The molecule has 0 bridgehead atoms. The highest BCUT2D eigenvalue weighted by Crippen LogP contribution is 2.23. The molecule has 5 unspecified atom stereocenters. The van der Waals surface area contributed by atoms with E-state index in [9.17, 15) is 15.3 Å². The summed E-state index contributed by atoms with van der Waals surface area (Å²) in [5, 5.41) is 28.5. The second-order valence-corrected chi connectivity index (χ2v) is 3.99. The first-order valence-corrected chi connectivity index (χ1v) is 5.27. The Balaban J connectivity index is 2.52. The predicted molar refractivity (Wildman–Crippen MR) is 51.9 cm³/mol. The quantitative estimate of drug-likeness (QED) is 0.607. The molecule has 0 spiro atoms. The third-order valence-electron chi connectivity index (χ3n) is 2.79. The third kappa shape index (κ3) is 2.45. The van der Waals surface area contributed by atoms with Crippen LogP contribution in [0.15, 0.2) is 0 Å². The summed E-state index contributed by atoms with van der Waals surface area (Å²) >= 11 is 0. The monoisotopic (exact) mass is 204 g/mol. The third-order valence-corrected chi connectivity index (χ3v) is 2.79. The Morgan fingerprint density at radius 3 is 2.29 bits per heavy atom. The molecule has 0 amide bonds. The van der Waals surface area contributed by atoms with Crippen LogP contribution < -0.4 is 0 Å². The van der Waals surface area contributed by atoms with Crippen molar-refractivity contribution in [1.82, 2.24) is 0 Å². The second kappa shape index (κ2) is 5.07. The molecule has 84 valence electrons. The summed E-state index contributed by atoms with van der Waals surface area (Å²) in [5.74, 6) is 0. The zero-order valence-electron chi connectivity index (χ0n) is 8.76. The molecule has 14 heavy (non-hydrogen) atoms. The molecule has 1 rings (SSSR count). The molecule has 4 nitrogen and oxygen atoms in total. The molecule has 1 fully saturated rings. The van der Waals surface area contributed by atoms with Crippen molar-refractivity contribution in [2.75, 3.05) is 0 Å². The van der Waals surface area contributed by atoms with Crippen molar-refractivity contribution in [3.8, 4) is 0 Å². The van der Waals surface area contributed by atoms with Gasteiger partial charge in [0.05, 0.1) is 12.2 Å². The summed E-state index contributed by atoms with van der Waals surface area (Å²) in [7, 11) is 0. The van der Waals surface area contributed by atoms with E-state index in [4.69, 9.17) is 4.74 Å². The van der Waals surface area contributed by atoms with Gasteiger partial charge in [-0.1, -0.05) is 19.8 Å². The molecule has 1 heterocycles. The molecule has 0 aromatic heterocycles. The van der Waals surface area contributed by atoms with Crippen molar-refractivity contribution in [3.63, 3.8) is 0 Å². The number of hydrogen-bond donors (Lipinski definition) is 3. The molecule has 0 aliphatic carbocycles. The number of aliphatic hydroxyl groups is 3. The molecule has 0 radical (unpaired) electrons. The van der Waals surface area contributed by atoms with Crippen molar-refractivity contribution in [2.24, 2.45) is 0 Å². The normalized spacial score (nSPS) is 43.9. The SMILES string of the molecule is CCCCC1OC(C)C(O)C(O)C1O. The van der Waals surface area contributed by atoms with E-state index in [2.05, 4.69) is 6.92 Å². The van der Waals surface area contributed by atoms with Gasteiger partial charge in [0.25, 0.3) is 0 Å². The van der Waals surface area contributed by atoms with Crippen LogP contribution in [0, 0.1) is 0 Å². The maximum atomic E-state index is 9.62. The lowest BCUT2D eigenvalue weighted by molar-refractivity contribution is -0.218. The van der Waals surface area contributed by atoms with Crippen molar-refractivity contribution in [2.45, 2.75) is 63.6 Å². The van der Waals surface area contributed by atoms with Crippen molar-refractivity contribution in [1.29, 1.82) is 0 Å². The van der Waals surface area contributed by atoms with Gasteiger partial charge in [-0.2, -0.15) is 0 Å². The number of ether oxygens (including phenoxy) is 1. The maximum absolute atomic E-state index is 9.62. The van der Waals surface area contributed by atoms with Crippen molar-refractivity contribution in [3.05, 3.63) is 0 Å². The van der Waals surface area contributed by atoms with Crippen LogP contribution in [0.2, 0.25) is 0 Å². The van der Waals surface area contributed by atoms with Crippen LogP contribution in [-0.4, -0.2) is 45.8 Å². The Morgan fingerprint density at radius 1 is 1.07 bits per heavy atom. The molecule has 0 aromatic carbocycles. The number of aliphatic hydroxyl groups excluding tert-OH is 3. The maximum Gasteiger partial charge on any atom is 0.111 e. The van der Waals surface area contributed by atoms with Crippen LogP contribution >= 0.6 is 0 Å². The molecular weight excluding hydrogens is 184 g/mol. The average Bonchev–Trinajstić information content (AvgIpc) is 2.18. The van der Waals surface area contributed by atoms with E-state index < -0.39 is 24.4 Å². The predicted octanol–water partition coefficient (Wildman–Crippen LogP) is 0.0466. The number of rotatable bonds is 3. The minimum absolute atomic E-state index is 0.344. The smallest absolute Gasteiger partial charge is 0.111 e. The molecule has 1 aliphatic rings. The lowest BCUT2D eigenvalue weighted by atomic mass is 9.93. The fraction of sp³-hybridized carbons (Fsp3) is 1.00. The summed E-state index contributed by atoms with van der Waals surface area (Å²) < 4.78 is 5.42. The summed E-state index contributed by atoms with van der Waals surface area (Å²) in [6, 6.07) is 0. The van der Waals surface area contributed by atoms with Gasteiger partial charge in [0.15, 0.2) is 0 Å². The highest BCUT2D eigenvalue weighted by atomic mass is 16.5. The van der Waals surface area contributed by atoms with Gasteiger partial charge in [0.1, 0.15) is 18.3 Å². The minimum atomic E-state index is -1.08. The molecular formula is C10H20O4. The highest BCUT2D eigenvalue weighted by Gasteiger charge is 2.40. The standard InChI is InChI=1S/C10H20O4/c1-3-4-5-7-9(12)10(13)8(11)6(2)14-7/h6-13H,3-5H2,1-2H3. The number of unbranched alkanes of at least 4 members (excludes halogenated alkanes) is 1. The van der Waals surface area contributed by atoms with Gasteiger partial charge >= 0.3 is 0 Å². The largest absolute Gasteiger partial charge is 0.388 e.